The highest BCUT2D eigenvalue weighted by Crippen LogP contribution is 2.24. The van der Waals surface area contributed by atoms with Crippen molar-refractivity contribution in [1.82, 2.24) is 0 Å². The number of benzene rings is 2. The Morgan fingerprint density at radius 2 is 1.87 bits per heavy atom. The number of hydrogen-bond donors (Lipinski definition) is 2. The molecule has 0 aliphatic rings. The lowest BCUT2D eigenvalue weighted by Crippen LogP contribution is -2.16. The smallest absolute Gasteiger partial charge is 0.341 e. The molecule has 118 valence electrons. The van der Waals surface area contributed by atoms with Gasteiger partial charge >= 0.3 is 5.97 Å². The number of ether oxygens (including phenoxy) is 1. The van der Waals surface area contributed by atoms with Crippen LogP contribution in [0.15, 0.2) is 58.0 Å². The van der Waals surface area contributed by atoms with Gasteiger partial charge in [-0.2, -0.15) is 4.99 Å². The van der Waals surface area contributed by atoms with Crippen molar-refractivity contribution in [3.8, 4) is 5.75 Å². The number of carbonyl (C=O) groups is 2. The lowest BCUT2D eigenvalue weighted by atomic mass is 10.2. The number of amides is 1. The molecule has 2 rings (SSSR count). The van der Waals surface area contributed by atoms with Crippen molar-refractivity contribution in [2.45, 2.75) is 0 Å². The van der Waals surface area contributed by atoms with Crippen LogP contribution in [0, 0.1) is 0 Å². The summed E-state index contributed by atoms with van der Waals surface area (Å²) in [6, 6.07) is 13.5. The quantitative estimate of drug-likeness (QED) is 0.616. The minimum Gasteiger partial charge on any atom is -0.481 e. The van der Waals surface area contributed by atoms with Gasteiger partial charge < -0.3 is 15.6 Å². The number of carboxylic acids is 1. The number of nitrogens with zero attached hydrogens (tertiary/aromatic N) is 1. The summed E-state index contributed by atoms with van der Waals surface area (Å²) in [5.41, 5.74) is 6.57. The Morgan fingerprint density at radius 3 is 2.52 bits per heavy atom. The number of carboxylic acid groups (broad SMARTS) is 1. The molecule has 3 N–H and O–H groups in total. The molecule has 0 atom stereocenters. The summed E-state index contributed by atoms with van der Waals surface area (Å²) < 4.78 is 5.75. The second kappa shape index (κ2) is 7.55. The summed E-state index contributed by atoms with van der Waals surface area (Å²) in [5, 5.41) is 8.69. The van der Waals surface area contributed by atoms with Gasteiger partial charge in [-0.25, -0.2) is 4.79 Å². The molecule has 7 heteroatoms. The van der Waals surface area contributed by atoms with Crippen molar-refractivity contribution in [1.29, 1.82) is 0 Å². The first kappa shape index (κ1) is 16.7. The SMILES string of the molecule is NC(=NC(=O)c1cc(Br)ccc1OCC(=O)O)c1ccccc1. The second-order valence-corrected chi connectivity index (χ2v) is 5.41. The van der Waals surface area contributed by atoms with E-state index < -0.39 is 18.5 Å². The first-order valence-electron chi connectivity index (χ1n) is 6.55. The Kier molecular flexibility index (Phi) is 5.48. The van der Waals surface area contributed by atoms with Gasteiger partial charge in [0.15, 0.2) is 6.61 Å². The van der Waals surface area contributed by atoms with Gasteiger partial charge in [0.25, 0.3) is 5.91 Å². The highest BCUT2D eigenvalue weighted by atomic mass is 79.9. The van der Waals surface area contributed by atoms with Gasteiger partial charge in [0.05, 0.1) is 5.56 Å². The second-order valence-electron chi connectivity index (χ2n) is 4.49. The van der Waals surface area contributed by atoms with E-state index in [0.717, 1.165) is 0 Å². The summed E-state index contributed by atoms with van der Waals surface area (Å²) >= 11 is 3.25. The molecule has 0 radical (unpaired) electrons. The fourth-order valence-corrected chi connectivity index (χ4v) is 2.14. The van der Waals surface area contributed by atoms with Crippen LogP contribution in [0.1, 0.15) is 15.9 Å². The van der Waals surface area contributed by atoms with Gasteiger partial charge in [-0.05, 0) is 18.2 Å². The normalized spacial score (nSPS) is 11.1. The Hall–Kier alpha value is -2.67. The van der Waals surface area contributed by atoms with Gasteiger partial charge in [0, 0.05) is 10.0 Å². The average Bonchev–Trinajstić information content (AvgIpc) is 2.54. The number of aliphatic imine (C=N–C) groups is 1. The van der Waals surface area contributed by atoms with Gasteiger partial charge in [0.1, 0.15) is 11.6 Å². The maximum absolute atomic E-state index is 12.3. The average molecular weight is 377 g/mol. The molecule has 23 heavy (non-hydrogen) atoms. The molecule has 0 saturated heterocycles. The molecule has 0 saturated carbocycles. The predicted molar refractivity (Wildman–Crippen MR) is 88.8 cm³/mol. The molecule has 0 fully saturated rings. The number of rotatable bonds is 5. The topological polar surface area (TPSA) is 102 Å². The maximum atomic E-state index is 12.3. The molecule has 0 aromatic heterocycles. The first-order valence-corrected chi connectivity index (χ1v) is 7.34. The van der Waals surface area contributed by atoms with E-state index in [1.54, 1.807) is 30.3 Å². The Balaban J connectivity index is 2.31. The number of amidine groups is 1. The summed E-state index contributed by atoms with van der Waals surface area (Å²) in [7, 11) is 0. The molecule has 2 aromatic carbocycles. The van der Waals surface area contributed by atoms with Gasteiger partial charge in [-0.3, -0.25) is 4.79 Å². The van der Waals surface area contributed by atoms with Crippen LogP contribution in [-0.4, -0.2) is 29.4 Å². The fraction of sp³-hybridized carbons (Fsp3) is 0.0625. The highest BCUT2D eigenvalue weighted by molar-refractivity contribution is 9.10. The fourth-order valence-electron chi connectivity index (χ4n) is 1.78. The van der Waals surface area contributed by atoms with Crippen LogP contribution in [0.4, 0.5) is 0 Å². The van der Waals surface area contributed by atoms with Crippen LogP contribution in [0.3, 0.4) is 0 Å². The third-order valence-corrected chi connectivity index (χ3v) is 3.31. The molecule has 2 aromatic rings. The van der Waals surface area contributed by atoms with Crippen molar-refractivity contribution in [2.24, 2.45) is 10.7 Å². The van der Waals surface area contributed by atoms with E-state index in [2.05, 4.69) is 20.9 Å². The molecule has 0 aliphatic heterocycles. The molecule has 0 unspecified atom stereocenters. The predicted octanol–water partition coefficient (Wildman–Crippen LogP) is 2.46. The monoisotopic (exact) mass is 376 g/mol. The van der Waals surface area contributed by atoms with Crippen LogP contribution >= 0.6 is 15.9 Å². The molecular weight excluding hydrogens is 364 g/mol. The van der Waals surface area contributed by atoms with Crippen LogP contribution in [0.5, 0.6) is 5.75 Å². The zero-order valence-electron chi connectivity index (χ0n) is 11.9. The molecule has 0 aliphatic carbocycles. The van der Waals surface area contributed by atoms with E-state index in [4.69, 9.17) is 15.6 Å². The van der Waals surface area contributed by atoms with E-state index in [1.165, 1.54) is 12.1 Å². The van der Waals surface area contributed by atoms with Crippen molar-refractivity contribution >= 4 is 33.6 Å². The van der Waals surface area contributed by atoms with Crippen LogP contribution in [0.2, 0.25) is 0 Å². The number of nitrogens with two attached hydrogens (primary N) is 1. The number of hydrogen-bond acceptors (Lipinski definition) is 3. The molecule has 0 spiro atoms. The van der Waals surface area contributed by atoms with E-state index in [9.17, 15) is 9.59 Å². The molecule has 6 nitrogen and oxygen atoms in total. The van der Waals surface area contributed by atoms with E-state index in [1.807, 2.05) is 6.07 Å². The third-order valence-electron chi connectivity index (χ3n) is 2.81. The van der Waals surface area contributed by atoms with E-state index >= 15 is 0 Å². The third kappa shape index (κ3) is 4.65. The Morgan fingerprint density at radius 1 is 1.17 bits per heavy atom. The lowest BCUT2D eigenvalue weighted by Gasteiger charge is -2.08. The van der Waals surface area contributed by atoms with Crippen molar-refractivity contribution in [3.63, 3.8) is 0 Å². The standard InChI is InChI=1S/C16H13BrN2O4/c17-11-6-7-13(23-9-14(20)21)12(8-11)16(22)19-15(18)10-4-2-1-3-5-10/h1-8H,9H2,(H,20,21)(H2,18,19,22). The van der Waals surface area contributed by atoms with Gasteiger partial charge in [-0.15, -0.1) is 0 Å². The summed E-state index contributed by atoms with van der Waals surface area (Å²) in [6.45, 7) is -0.556. The summed E-state index contributed by atoms with van der Waals surface area (Å²) in [6.07, 6.45) is 0. The zero-order valence-corrected chi connectivity index (χ0v) is 13.5. The molecule has 1 amide bonds. The minimum absolute atomic E-state index is 0.0692. The van der Waals surface area contributed by atoms with Crippen LogP contribution in [-0.2, 0) is 4.79 Å². The van der Waals surface area contributed by atoms with Crippen LogP contribution in [0.25, 0.3) is 0 Å². The minimum atomic E-state index is -1.14. The largest absolute Gasteiger partial charge is 0.481 e. The summed E-state index contributed by atoms with van der Waals surface area (Å²) in [5.74, 6) is -1.56. The van der Waals surface area contributed by atoms with Gasteiger partial charge in [-0.1, -0.05) is 46.3 Å². The van der Waals surface area contributed by atoms with Crippen LogP contribution < -0.4 is 10.5 Å². The Labute approximate surface area is 140 Å². The zero-order chi connectivity index (χ0) is 16.8. The molecule has 0 heterocycles. The number of aliphatic carboxylic acids is 1. The van der Waals surface area contributed by atoms with Gasteiger partial charge in [0.2, 0.25) is 0 Å². The lowest BCUT2D eigenvalue weighted by molar-refractivity contribution is -0.139. The summed E-state index contributed by atoms with van der Waals surface area (Å²) in [4.78, 5) is 26.8. The number of halogens is 1. The van der Waals surface area contributed by atoms with Crippen molar-refractivity contribution < 1.29 is 19.4 Å². The molecular formula is C16H13BrN2O4. The highest BCUT2D eigenvalue weighted by Gasteiger charge is 2.15. The van der Waals surface area contributed by atoms with E-state index in [0.29, 0.717) is 10.0 Å². The number of carbonyl (C=O) groups excluding carboxylic acids is 1. The van der Waals surface area contributed by atoms with E-state index in [-0.39, 0.29) is 17.1 Å². The Bertz CT molecular complexity index is 760. The molecule has 0 bridgehead atoms. The first-order chi connectivity index (χ1) is 11.0. The maximum Gasteiger partial charge on any atom is 0.341 e. The van der Waals surface area contributed by atoms with Crippen molar-refractivity contribution in [3.05, 3.63) is 64.1 Å². The van der Waals surface area contributed by atoms with Crippen molar-refractivity contribution in [2.75, 3.05) is 6.61 Å².